The molecule has 2 rings (SSSR count). The first-order chi connectivity index (χ1) is 11.5. The van der Waals surface area contributed by atoms with Gasteiger partial charge in [0.25, 0.3) is 11.8 Å². The molecule has 0 aliphatic carbocycles. The smallest absolute Gasteiger partial charge is 0.255 e. The predicted molar refractivity (Wildman–Crippen MR) is 90.0 cm³/mol. The van der Waals surface area contributed by atoms with Crippen molar-refractivity contribution in [2.45, 2.75) is 13.5 Å². The molecule has 0 spiro atoms. The Kier molecular flexibility index (Phi) is 5.78. The molecule has 6 nitrogen and oxygen atoms in total. The third-order valence-corrected chi connectivity index (χ3v) is 3.50. The largest absolute Gasteiger partial charge is 0.493 e. The molecule has 0 saturated carbocycles. The summed E-state index contributed by atoms with van der Waals surface area (Å²) >= 11 is 0. The van der Waals surface area contributed by atoms with Crippen LogP contribution in [0, 0.1) is 6.92 Å². The molecule has 0 heterocycles. The summed E-state index contributed by atoms with van der Waals surface area (Å²) in [4.78, 5) is 23.1. The van der Waals surface area contributed by atoms with Crippen LogP contribution in [-0.2, 0) is 11.3 Å². The van der Waals surface area contributed by atoms with Gasteiger partial charge in [-0.05, 0) is 36.2 Å². The van der Waals surface area contributed by atoms with E-state index >= 15 is 0 Å². The molecular formula is C18H20N2O4. The summed E-state index contributed by atoms with van der Waals surface area (Å²) in [6.07, 6.45) is 0. The molecule has 2 aromatic carbocycles. The van der Waals surface area contributed by atoms with E-state index in [0.29, 0.717) is 23.6 Å². The molecule has 0 bridgehead atoms. The van der Waals surface area contributed by atoms with Crippen molar-refractivity contribution in [2.75, 3.05) is 13.7 Å². The number of aryl methyl sites for hydroxylation is 1. The first-order valence-corrected chi connectivity index (χ1v) is 7.43. The molecule has 0 radical (unpaired) electrons. The molecular weight excluding hydrogens is 308 g/mol. The standard InChI is InChI=1S/C18H20N2O4/c1-12-5-3-4-6-14(12)10-20-18(22)13-7-8-15(16(9-13)23-2)24-11-17(19)21/h3-9H,10-11H2,1-2H3,(H2,19,21)(H,20,22). The van der Waals surface area contributed by atoms with Gasteiger partial charge in [-0.25, -0.2) is 0 Å². The number of carbonyl (C=O) groups is 2. The second kappa shape index (κ2) is 8.01. The zero-order valence-corrected chi connectivity index (χ0v) is 13.7. The van der Waals surface area contributed by atoms with Gasteiger partial charge in [0, 0.05) is 12.1 Å². The minimum atomic E-state index is -0.586. The van der Waals surface area contributed by atoms with Gasteiger partial charge < -0.3 is 20.5 Å². The van der Waals surface area contributed by atoms with Gasteiger partial charge in [-0.3, -0.25) is 9.59 Å². The average molecular weight is 328 g/mol. The highest BCUT2D eigenvalue weighted by Gasteiger charge is 2.12. The number of primary amides is 1. The van der Waals surface area contributed by atoms with Crippen LogP contribution >= 0.6 is 0 Å². The van der Waals surface area contributed by atoms with Crippen LogP contribution in [0.3, 0.4) is 0 Å². The Balaban J connectivity index is 2.06. The first-order valence-electron chi connectivity index (χ1n) is 7.43. The summed E-state index contributed by atoms with van der Waals surface area (Å²) in [7, 11) is 1.46. The third-order valence-electron chi connectivity index (χ3n) is 3.50. The van der Waals surface area contributed by atoms with Crippen molar-refractivity contribution in [1.82, 2.24) is 5.32 Å². The van der Waals surface area contributed by atoms with Crippen LogP contribution in [0.1, 0.15) is 21.5 Å². The molecule has 0 aliphatic heterocycles. The van der Waals surface area contributed by atoms with Crippen LogP contribution in [0.5, 0.6) is 11.5 Å². The van der Waals surface area contributed by atoms with Crippen molar-refractivity contribution < 1.29 is 19.1 Å². The molecule has 0 fully saturated rings. The summed E-state index contributed by atoms with van der Waals surface area (Å²) in [5.74, 6) is -0.0957. The van der Waals surface area contributed by atoms with Gasteiger partial charge in [-0.1, -0.05) is 24.3 Å². The minimum Gasteiger partial charge on any atom is -0.493 e. The zero-order valence-electron chi connectivity index (χ0n) is 13.7. The number of ether oxygens (including phenoxy) is 2. The van der Waals surface area contributed by atoms with Crippen molar-refractivity contribution >= 4 is 11.8 Å². The van der Waals surface area contributed by atoms with E-state index in [1.165, 1.54) is 7.11 Å². The summed E-state index contributed by atoms with van der Waals surface area (Å²) in [6.45, 7) is 2.18. The number of hydrogen-bond acceptors (Lipinski definition) is 4. The van der Waals surface area contributed by atoms with Crippen molar-refractivity contribution in [3.05, 3.63) is 59.2 Å². The van der Waals surface area contributed by atoms with Crippen molar-refractivity contribution in [3.8, 4) is 11.5 Å². The van der Waals surface area contributed by atoms with E-state index in [-0.39, 0.29) is 12.5 Å². The third kappa shape index (κ3) is 4.49. The molecule has 2 amide bonds. The monoisotopic (exact) mass is 328 g/mol. The summed E-state index contributed by atoms with van der Waals surface area (Å²) < 4.78 is 10.4. The lowest BCUT2D eigenvalue weighted by molar-refractivity contribution is -0.119. The van der Waals surface area contributed by atoms with Crippen LogP contribution in [-0.4, -0.2) is 25.5 Å². The predicted octanol–water partition coefficient (Wildman–Crippen LogP) is 1.80. The molecule has 0 unspecified atom stereocenters. The Hall–Kier alpha value is -3.02. The number of benzene rings is 2. The van der Waals surface area contributed by atoms with Gasteiger partial charge in [0.05, 0.1) is 7.11 Å². The molecule has 24 heavy (non-hydrogen) atoms. The van der Waals surface area contributed by atoms with Gasteiger partial charge in [-0.15, -0.1) is 0 Å². The number of carbonyl (C=O) groups excluding carboxylic acids is 2. The Bertz CT molecular complexity index is 744. The number of hydrogen-bond donors (Lipinski definition) is 2. The summed E-state index contributed by atoms with van der Waals surface area (Å²) in [5.41, 5.74) is 7.66. The molecule has 3 N–H and O–H groups in total. The SMILES string of the molecule is COc1cc(C(=O)NCc2ccccc2C)ccc1OCC(N)=O. The second-order valence-corrected chi connectivity index (χ2v) is 5.23. The maximum absolute atomic E-state index is 12.3. The van der Waals surface area contributed by atoms with Gasteiger partial charge in [-0.2, -0.15) is 0 Å². The van der Waals surface area contributed by atoms with E-state index in [1.807, 2.05) is 31.2 Å². The van der Waals surface area contributed by atoms with Crippen LogP contribution in [0.25, 0.3) is 0 Å². The molecule has 2 aromatic rings. The van der Waals surface area contributed by atoms with E-state index in [1.54, 1.807) is 18.2 Å². The molecule has 126 valence electrons. The minimum absolute atomic E-state index is 0.224. The Labute approximate surface area is 140 Å². The van der Waals surface area contributed by atoms with E-state index in [2.05, 4.69) is 5.32 Å². The maximum atomic E-state index is 12.3. The number of methoxy groups -OCH3 is 1. The highest BCUT2D eigenvalue weighted by atomic mass is 16.5. The van der Waals surface area contributed by atoms with Gasteiger partial charge in [0.15, 0.2) is 18.1 Å². The summed E-state index contributed by atoms with van der Waals surface area (Å²) in [6, 6.07) is 12.6. The quantitative estimate of drug-likeness (QED) is 0.811. The lowest BCUT2D eigenvalue weighted by Crippen LogP contribution is -2.23. The van der Waals surface area contributed by atoms with Crippen molar-refractivity contribution in [1.29, 1.82) is 0 Å². The first kappa shape index (κ1) is 17.3. The highest BCUT2D eigenvalue weighted by Crippen LogP contribution is 2.28. The second-order valence-electron chi connectivity index (χ2n) is 5.23. The van der Waals surface area contributed by atoms with Gasteiger partial charge in [0.2, 0.25) is 0 Å². The lowest BCUT2D eigenvalue weighted by atomic mass is 10.1. The highest BCUT2D eigenvalue weighted by molar-refractivity contribution is 5.94. The van der Waals surface area contributed by atoms with E-state index in [9.17, 15) is 9.59 Å². The maximum Gasteiger partial charge on any atom is 0.255 e. The van der Waals surface area contributed by atoms with Gasteiger partial charge >= 0.3 is 0 Å². The lowest BCUT2D eigenvalue weighted by Gasteiger charge is -2.12. The summed E-state index contributed by atoms with van der Waals surface area (Å²) in [5, 5.41) is 2.87. The Morgan fingerprint density at radius 1 is 1.12 bits per heavy atom. The van der Waals surface area contributed by atoms with Gasteiger partial charge in [0.1, 0.15) is 0 Å². The van der Waals surface area contributed by atoms with Crippen molar-refractivity contribution in [3.63, 3.8) is 0 Å². The van der Waals surface area contributed by atoms with E-state index in [4.69, 9.17) is 15.2 Å². The van der Waals surface area contributed by atoms with E-state index < -0.39 is 5.91 Å². The van der Waals surface area contributed by atoms with Crippen LogP contribution in [0.2, 0.25) is 0 Å². The molecule has 0 aromatic heterocycles. The molecule has 0 saturated heterocycles. The number of nitrogens with two attached hydrogens (primary N) is 1. The molecule has 0 atom stereocenters. The van der Waals surface area contributed by atoms with Crippen LogP contribution in [0.15, 0.2) is 42.5 Å². The molecule has 6 heteroatoms. The van der Waals surface area contributed by atoms with Crippen LogP contribution in [0.4, 0.5) is 0 Å². The molecule has 0 aliphatic rings. The number of nitrogens with one attached hydrogen (secondary N) is 1. The average Bonchev–Trinajstić information content (AvgIpc) is 2.58. The normalized spacial score (nSPS) is 10.1. The van der Waals surface area contributed by atoms with E-state index in [0.717, 1.165) is 11.1 Å². The number of rotatable bonds is 7. The Morgan fingerprint density at radius 3 is 2.54 bits per heavy atom. The van der Waals surface area contributed by atoms with Crippen LogP contribution < -0.4 is 20.5 Å². The zero-order chi connectivity index (χ0) is 17.5. The fraction of sp³-hybridized carbons (Fsp3) is 0.222. The fourth-order valence-corrected chi connectivity index (χ4v) is 2.16. The fourth-order valence-electron chi connectivity index (χ4n) is 2.16. The number of amides is 2. The topological polar surface area (TPSA) is 90.7 Å². The Morgan fingerprint density at radius 2 is 1.88 bits per heavy atom. The van der Waals surface area contributed by atoms with Crippen molar-refractivity contribution in [2.24, 2.45) is 5.73 Å².